The highest BCUT2D eigenvalue weighted by Gasteiger charge is 2.36. The van der Waals surface area contributed by atoms with Crippen LogP contribution in [0.3, 0.4) is 0 Å². The van der Waals surface area contributed by atoms with Crippen molar-refractivity contribution in [2.24, 2.45) is 5.92 Å². The second-order valence-electron chi connectivity index (χ2n) is 7.67. The third kappa shape index (κ3) is 3.53. The van der Waals surface area contributed by atoms with Gasteiger partial charge in [-0.3, -0.25) is 4.79 Å². The Morgan fingerprint density at radius 2 is 1.58 bits per heavy atom. The van der Waals surface area contributed by atoms with Crippen molar-refractivity contribution in [3.05, 3.63) is 70.7 Å². The highest BCUT2D eigenvalue weighted by molar-refractivity contribution is 6.31. The fourth-order valence-electron chi connectivity index (χ4n) is 4.73. The number of benzene rings is 2. The normalized spacial score (nSPS) is 26.0. The number of amides is 1. The first-order valence-electron chi connectivity index (χ1n) is 9.84. The molecule has 4 rings (SSSR count). The maximum absolute atomic E-state index is 13.2. The second kappa shape index (κ2) is 7.84. The zero-order valence-corrected chi connectivity index (χ0v) is 15.9. The van der Waals surface area contributed by atoms with E-state index < -0.39 is 0 Å². The van der Waals surface area contributed by atoms with Gasteiger partial charge in [0.25, 0.3) is 0 Å². The van der Waals surface area contributed by atoms with Crippen LogP contribution in [0.5, 0.6) is 0 Å². The number of hydrogen-bond acceptors (Lipinski definition) is 1. The summed E-state index contributed by atoms with van der Waals surface area (Å²) in [5.74, 6) is 1.13. The number of nitrogens with zero attached hydrogens (tertiary/aromatic N) is 1. The summed E-state index contributed by atoms with van der Waals surface area (Å²) >= 11 is 6.41. The number of carbonyl (C=O) groups excluding carboxylic acids is 1. The fourth-order valence-corrected chi connectivity index (χ4v) is 4.99. The molecule has 1 amide bonds. The van der Waals surface area contributed by atoms with E-state index >= 15 is 0 Å². The van der Waals surface area contributed by atoms with E-state index in [1.807, 2.05) is 18.2 Å². The highest BCUT2D eigenvalue weighted by atomic mass is 35.5. The van der Waals surface area contributed by atoms with Crippen LogP contribution in [0.2, 0.25) is 5.02 Å². The van der Waals surface area contributed by atoms with E-state index in [4.69, 9.17) is 11.6 Å². The van der Waals surface area contributed by atoms with Crippen LogP contribution in [0.15, 0.2) is 54.6 Å². The molecule has 0 radical (unpaired) electrons. The molecule has 1 saturated heterocycles. The second-order valence-corrected chi connectivity index (χ2v) is 8.08. The maximum Gasteiger partial charge on any atom is 0.226 e. The summed E-state index contributed by atoms with van der Waals surface area (Å²) in [4.78, 5) is 15.3. The predicted molar refractivity (Wildman–Crippen MR) is 106 cm³/mol. The number of halogens is 1. The highest BCUT2D eigenvalue weighted by Crippen LogP contribution is 2.40. The summed E-state index contributed by atoms with van der Waals surface area (Å²) in [6.07, 6.45) is 6.33. The molecule has 2 aromatic carbocycles. The van der Waals surface area contributed by atoms with Crippen LogP contribution in [0.25, 0.3) is 0 Å². The van der Waals surface area contributed by atoms with E-state index in [2.05, 4.69) is 41.3 Å². The van der Waals surface area contributed by atoms with Gasteiger partial charge in [-0.25, -0.2) is 0 Å². The number of likely N-dealkylation sites (tertiary alicyclic amines) is 1. The van der Waals surface area contributed by atoms with E-state index in [0.717, 1.165) is 55.7 Å². The summed E-state index contributed by atoms with van der Waals surface area (Å²) in [6, 6.07) is 18.9. The van der Waals surface area contributed by atoms with Crippen molar-refractivity contribution in [1.29, 1.82) is 0 Å². The smallest absolute Gasteiger partial charge is 0.226 e. The third-order valence-corrected chi connectivity index (χ3v) is 6.49. The summed E-state index contributed by atoms with van der Waals surface area (Å²) in [5.41, 5.74) is 2.53. The predicted octanol–water partition coefficient (Wildman–Crippen LogP) is 5.98. The average Bonchev–Trinajstić information content (AvgIpc) is 3.18. The molecule has 2 aromatic rings. The summed E-state index contributed by atoms with van der Waals surface area (Å²) in [6.45, 7) is 0.868. The van der Waals surface area contributed by atoms with E-state index in [1.165, 1.54) is 5.56 Å². The number of hydrogen-bond donors (Lipinski definition) is 0. The number of rotatable bonds is 3. The maximum atomic E-state index is 13.2. The Balaban J connectivity index is 1.42. The van der Waals surface area contributed by atoms with Crippen molar-refractivity contribution in [3.63, 3.8) is 0 Å². The molecule has 1 atom stereocenters. The van der Waals surface area contributed by atoms with Crippen molar-refractivity contribution in [1.82, 2.24) is 4.90 Å². The quantitative estimate of drug-likeness (QED) is 0.653. The lowest BCUT2D eigenvalue weighted by molar-refractivity contribution is -0.137. The van der Waals surface area contributed by atoms with Gasteiger partial charge in [-0.05, 0) is 61.6 Å². The molecule has 1 saturated carbocycles. The van der Waals surface area contributed by atoms with Crippen LogP contribution in [-0.4, -0.2) is 17.4 Å². The van der Waals surface area contributed by atoms with Gasteiger partial charge in [0.15, 0.2) is 0 Å². The SMILES string of the molecule is O=C(C1CCC(c2ccccc2)CC1)N1CCC[C@@H]1c1ccccc1Cl. The van der Waals surface area contributed by atoms with Gasteiger partial charge >= 0.3 is 0 Å². The van der Waals surface area contributed by atoms with Gasteiger partial charge in [-0.1, -0.05) is 60.1 Å². The molecule has 2 aliphatic rings. The standard InChI is InChI=1S/C23H26ClNO/c24-21-10-5-4-9-20(21)22-11-6-16-25(22)23(26)19-14-12-18(13-15-19)17-7-2-1-3-8-17/h1-5,7-10,18-19,22H,6,11-16H2/t18?,19?,22-/m1/s1. The molecule has 1 heterocycles. The average molecular weight is 368 g/mol. The minimum atomic E-state index is 0.156. The van der Waals surface area contributed by atoms with Crippen molar-refractivity contribution in [2.75, 3.05) is 6.54 Å². The third-order valence-electron chi connectivity index (χ3n) is 6.15. The first-order chi connectivity index (χ1) is 12.7. The largest absolute Gasteiger partial charge is 0.335 e. The minimum absolute atomic E-state index is 0.156. The molecule has 0 bridgehead atoms. The monoisotopic (exact) mass is 367 g/mol. The molecule has 3 heteroatoms. The van der Waals surface area contributed by atoms with Gasteiger partial charge in [0.05, 0.1) is 6.04 Å². The van der Waals surface area contributed by atoms with Gasteiger partial charge in [0.2, 0.25) is 5.91 Å². The molecule has 0 spiro atoms. The van der Waals surface area contributed by atoms with Crippen LogP contribution in [0.4, 0.5) is 0 Å². The zero-order chi connectivity index (χ0) is 17.9. The Morgan fingerprint density at radius 3 is 2.31 bits per heavy atom. The van der Waals surface area contributed by atoms with Gasteiger partial charge in [-0.15, -0.1) is 0 Å². The number of carbonyl (C=O) groups is 1. The molecule has 0 unspecified atom stereocenters. The van der Waals surface area contributed by atoms with Gasteiger partial charge in [0, 0.05) is 17.5 Å². The molecular weight excluding hydrogens is 342 g/mol. The molecule has 2 fully saturated rings. The molecule has 2 nitrogen and oxygen atoms in total. The Kier molecular flexibility index (Phi) is 5.31. The van der Waals surface area contributed by atoms with Gasteiger partial charge in [0.1, 0.15) is 0 Å². The Hall–Kier alpha value is -1.80. The van der Waals surface area contributed by atoms with Crippen LogP contribution in [-0.2, 0) is 4.79 Å². The molecule has 0 N–H and O–H groups in total. The van der Waals surface area contributed by atoms with Crippen molar-refractivity contribution >= 4 is 17.5 Å². The fraction of sp³-hybridized carbons (Fsp3) is 0.435. The lowest BCUT2D eigenvalue weighted by Gasteiger charge is -2.33. The van der Waals surface area contributed by atoms with E-state index in [9.17, 15) is 4.79 Å². The lowest BCUT2D eigenvalue weighted by atomic mass is 9.78. The van der Waals surface area contributed by atoms with E-state index in [0.29, 0.717) is 11.8 Å². The topological polar surface area (TPSA) is 20.3 Å². The van der Waals surface area contributed by atoms with Crippen molar-refractivity contribution in [3.8, 4) is 0 Å². The van der Waals surface area contributed by atoms with Crippen LogP contribution in [0, 0.1) is 5.92 Å². The minimum Gasteiger partial charge on any atom is -0.335 e. The lowest BCUT2D eigenvalue weighted by Crippen LogP contribution is -2.37. The first-order valence-corrected chi connectivity index (χ1v) is 10.2. The van der Waals surface area contributed by atoms with Gasteiger partial charge < -0.3 is 4.90 Å². The summed E-state index contributed by atoms with van der Waals surface area (Å²) in [7, 11) is 0. The summed E-state index contributed by atoms with van der Waals surface area (Å²) in [5, 5.41) is 0.782. The molecule has 1 aliphatic heterocycles. The molecule has 0 aromatic heterocycles. The van der Waals surface area contributed by atoms with Crippen LogP contribution in [0.1, 0.15) is 61.6 Å². The zero-order valence-electron chi connectivity index (χ0n) is 15.1. The Labute approximate surface area is 161 Å². The van der Waals surface area contributed by atoms with E-state index in [-0.39, 0.29) is 12.0 Å². The Morgan fingerprint density at radius 1 is 0.885 bits per heavy atom. The molecule has 26 heavy (non-hydrogen) atoms. The van der Waals surface area contributed by atoms with Crippen molar-refractivity contribution in [2.45, 2.75) is 50.5 Å². The van der Waals surface area contributed by atoms with Crippen LogP contribution < -0.4 is 0 Å². The molecular formula is C23H26ClNO. The Bertz CT molecular complexity index is 752. The van der Waals surface area contributed by atoms with E-state index in [1.54, 1.807) is 0 Å². The molecule has 1 aliphatic carbocycles. The molecule has 136 valence electrons. The van der Waals surface area contributed by atoms with Crippen LogP contribution >= 0.6 is 11.6 Å². The van der Waals surface area contributed by atoms with Crippen molar-refractivity contribution < 1.29 is 4.79 Å². The van der Waals surface area contributed by atoms with Gasteiger partial charge in [-0.2, -0.15) is 0 Å². The first kappa shape index (κ1) is 17.6. The summed E-state index contributed by atoms with van der Waals surface area (Å²) < 4.78 is 0.